The van der Waals surface area contributed by atoms with Gasteiger partial charge in [-0.1, -0.05) is 12.2 Å². The average Bonchev–Trinajstić information content (AvgIpc) is 2.36. The Kier molecular flexibility index (Phi) is 5.35. The Bertz CT molecular complexity index is 491. The summed E-state index contributed by atoms with van der Waals surface area (Å²) in [5, 5.41) is 0. The van der Waals surface area contributed by atoms with Crippen molar-refractivity contribution in [2.24, 2.45) is 5.73 Å². The molecule has 0 amide bonds. The molecule has 7 heteroatoms. The van der Waals surface area contributed by atoms with Crippen molar-refractivity contribution < 1.29 is 17.9 Å². The average molecular weight is 306 g/mol. The van der Waals surface area contributed by atoms with E-state index in [-0.39, 0.29) is 16.6 Å². The van der Waals surface area contributed by atoms with Crippen molar-refractivity contribution in [2.45, 2.75) is 19.1 Å². The molecule has 1 aromatic rings. The molecule has 1 unspecified atom stereocenters. The summed E-state index contributed by atoms with van der Waals surface area (Å²) in [6.07, 6.45) is -4.48. The number of nitrogens with zero attached hydrogens (tertiary/aromatic N) is 1. The third kappa shape index (κ3) is 3.83. The number of alkyl halides is 3. The van der Waals surface area contributed by atoms with Crippen molar-refractivity contribution >= 4 is 22.9 Å². The Morgan fingerprint density at radius 3 is 2.50 bits per heavy atom. The highest BCUT2D eigenvalue weighted by Gasteiger charge is 2.34. The predicted molar refractivity (Wildman–Crippen MR) is 77.1 cm³/mol. The van der Waals surface area contributed by atoms with E-state index in [4.69, 9.17) is 22.7 Å². The minimum absolute atomic E-state index is 0.0101. The smallest absolute Gasteiger partial charge is 0.389 e. The summed E-state index contributed by atoms with van der Waals surface area (Å²) in [7, 11) is 3.34. The maximum Gasteiger partial charge on any atom is 0.417 e. The summed E-state index contributed by atoms with van der Waals surface area (Å²) >= 11 is 4.72. The normalized spacial score (nSPS) is 13.1. The highest BCUT2D eigenvalue weighted by atomic mass is 32.1. The Balaban J connectivity index is 3.20. The highest BCUT2D eigenvalue weighted by molar-refractivity contribution is 7.80. The number of thiocarbonyl (C=S) groups is 1. The molecule has 0 heterocycles. The van der Waals surface area contributed by atoms with Crippen molar-refractivity contribution in [1.29, 1.82) is 0 Å². The first-order valence-corrected chi connectivity index (χ1v) is 6.32. The van der Waals surface area contributed by atoms with Crippen molar-refractivity contribution in [3.05, 3.63) is 29.3 Å². The van der Waals surface area contributed by atoms with Gasteiger partial charge < -0.3 is 15.4 Å². The van der Waals surface area contributed by atoms with Gasteiger partial charge in [-0.15, -0.1) is 0 Å². The fourth-order valence-electron chi connectivity index (χ4n) is 1.81. The van der Waals surface area contributed by atoms with Crippen LogP contribution in [-0.2, 0) is 10.9 Å². The molecule has 0 saturated carbocycles. The molecule has 0 aliphatic heterocycles. The van der Waals surface area contributed by atoms with Gasteiger partial charge in [0.05, 0.1) is 12.2 Å². The topological polar surface area (TPSA) is 38.5 Å². The van der Waals surface area contributed by atoms with E-state index in [9.17, 15) is 13.2 Å². The van der Waals surface area contributed by atoms with Gasteiger partial charge in [0.15, 0.2) is 0 Å². The molecule has 0 aromatic heterocycles. The zero-order valence-corrected chi connectivity index (χ0v) is 12.3. The van der Waals surface area contributed by atoms with E-state index in [1.54, 1.807) is 14.2 Å². The largest absolute Gasteiger partial charge is 0.417 e. The number of nitrogens with two attached hydrogens (primary N) is 1. The number of ether oxygens (including phenoxy) is 1. The molecule has 1 rings (SSSR count). The van der Waals surface area contributed by atoms with Crippen molar-refractivity contribution in [2.75, 3.05) is 25.7 Å². The molecule has 0 fully saturated rings. The van der Waals surface area contributed by atoms with Gasteiger partial charge in [-0.05, 0) is 25.1 Å². The maximum atomic E-state index is 12.9. The molecular formula is C13H17F3N2OS. The molecular weight excluding hydrogens is 289 g/mol. The summed E-state index contributed by atoms with van der Waals surface area (Å²) in [5.74, 6) is 0. The van der Waals surface area contributed by atoms with Gasteiger partial charge in [-0.3, -0.25) is 0 Å². The van der Waals surface area contributed by atoms with Gasteiger partial charge >= 0.3 is 6.18 Å². The minimum Gasteiger partial charge on any atom is -0.389 e. The molecule has 0 bridgehead atoms. The highest BCUT2D eigenvalue weighted by Crippen LogP contribution is 2.34. The van der Waals surface area contributed by atoms with Crippen LogP contribution in [-0.4, -0.2) is 31.8 Å². The fourth-order valence-corrected chi connectivity index (χ4v) is 1.98. The quantitative estimate of drug-likeness (QED) is 0.849. The lowest BCUT2D eigenvalue weighted by Crippen LogP contribution is -2.33. The van der Waals surface area contributed by atoms with E-state index < -0.39 is 11.7 Å². The molecule has 1 aromatic carbocycles. The molecule has 3 nitrogen and oxygen atoms in total. The van der Waals surface area contributed by atoms with E-state index in [1.165, 1.54) is 12.1 Å². The number of methoxy groups -OCH3 is 1. The van der Waals surface area contributed by atoms with Crippen molar-refractivity contribution in [3.63, 3.8) is 0 Å². The van der Waals surface area contributed by atoms with Gasteiger partial charge in [-0.2, -0.15) is 13.2 Å². The van der Waals surface area contributed by atoms with E-state index in [2.05, 4.69) is 0 Å². The molecule has 1 atom stereocenters. The SMILES string of the molecule is COCC(C)N(C)c1ccc(C(F)(F)F)c(C(N)=S)c1. The van der Waals surface area contributed by atoms with Crippen LogP contribution in [0.5, 0.6) is 0 Å². The summed E-state index contributed by atoms with van der Waals surface area (Å²) in [6, 6.07) is 3.77. The maximum absolute atomic E-state index is 12.9. The molecule has 112 valence electrons. The first kappa shape index (κ1) is 16.7. The number of halogens is 3. The van der Waals surface area contributed by atoms with E-state index in [0.717, 1.165) is 6.07 Å². The number of likely N-dealkylation sites (N-methyl/N-ethyl adjacent to an activating group) is 1. The monoisotopic (exact) mass is 306 g/mol. The van der Waals surface area contributed by atoms with Crippen LogP contribution in [0.15, 0.2) is 18.2 Å². The third-order valence-electron chi connectivity index (χ3n) is 3.05. The zero-order chi connectivity index (χ0) is 15.5. The number of hydrogen-bond acceptors (Lipinski definition) is 3. The van der Waals surface area contributed by atoms with Gasteiger partial charge in [0, 0.05) is 31.5 Å². The lowest BCUT2D eigenvalue weighted by Gasteiger charge is -2.27. The summed E-state index contributed by atoms with van der Waals surface area (Å²) in [6.45, 7) is 2.36. The fraction of sp³-hybridized carbons (Fsp3) is 0.462. The summed E-state index contributed by atoms with van der Waals surface area (Å²) < 4.78 is 43.6. The van der Waals surface area contributed by atoms with Crippen LogP contribution < -0.4 is 10.6 Å². The molecule has 2 N–H and O–H groups in total. The first-order valence-electron chi connectivity index (χ1n) is 5.91. The molecule has 0 aliphatic rings. The summed E-state index contributed by atoms with van der Waals surface area (Å²) in [4.78, 5) is 1.54. The zero-order valence-electron chi connectivity index (χ0n) is 11.5. The summed E-state index contributed by atoms with van der Waals surface area (Å²) in [5.41, 5.74) is 5.02. The Morgan fingerprint density at radius 2 is 2.05 bits per heavy atom. The lowest BCUT2D eigenvalue weighted by atomic mass is 10.0. The van der Waals surface area contributed by atoms with Crippen LogP contribution in [0.25, 0.3) is 0 Å². The third-order valence-corrected chi connectivity index (χ3v) is 3.27. The molecule has 0 saturated heterocycles. The van der Waals surface area contributed by atoms with Gasteiger partial charge in [-0.25, -0.2) is 0 Å². The van der Waals surface area contributed by atoms with Gasteiger partial charge in [0.25, 0.3) is 0 Å². The Hall–Kier alpha value is -1.34. The number of benzene rings is 1. The molecule has 0 spiro atoms. The molecule has 0 radical (unpaired) electrons. The van der Waals surface area contributed by atoms with Crippen LogP contribution in [0.3, 0.4) is 0 Å². The Labute approximate surface area is 121 Å². The van der Waals surface area contributed by atoms with Gasteiger partial charge in [0.2, 0.25) is 0 Å². The van der Waals surface area contributed by atoms with E-state index in [0.29, 0.717) is 12.3 Å². The van der Waals surface area contributed by atoms with Crippen LogP contribution in [0.1, 0.15) is 18.1 Å². The van der Waals surface area contributed by atoms with Crippen LogP contribution in [0, 0.1) is 0 Å². The van der Waals surface area contributed by atoms with Crippen LogP contribution in [0.2, 0.25) is 0 Å². The first-order chi connectivity index (χ1) is 9.18. The second-order valence-electron chi connectivity index (χ2n) is 4.51. The van der Waals surface area contributed by atoms with Crippen molar-refractivity contribution in [3.8, 4) is 0 Å². The Morgan fingerprint density at radius 1 is 1.45 bits per heavy atom. The second kappa shape index (κ2) is 6.41. The minimum atomic E-state index is -4.48. The second-order valence-corrected chi connectivity index (χ2v) is 4.95. The van der Waals surface area contributed by atoms with Crippen LogP contribution >= 0.6 is 12.2 Å². The molecule has 0 aliphatic carbocycles. The standard InChI is InChI=1S/C13H17F3N2OS/c1-8(7-19-3)18(2)9-4-5-11(13(14,15)16)10(6-9)12(17)20/h4-6,8H,7H2,1-3H3,(H2,17,20). The molecule has 20 heavy (non-hydrogen) atoms. The van der Waals surface area contributed by atoms with E-state index in [1.807, 2.05) is 11.8 Å². The van der Waals surface area contributed by atoms with Gasteiger partial charge in [0.1, 0.15) is 4.99 Å². The number of anilines is 1. The van der Waals surface area contributed by atoms with E-state index >= 15 is 0 Å². The van der Waals surface area contributed by atoms with Crippen LogP contribution in [0.4, 0.5) is 18.9 Å². The van der Waals surface area contributed by atoms with Crippen molar-refractivity contribution in [1.82, 2.24) is 0 Å². The number of rotatable bonds is 5. The lowest BCUT2D eigenvalue weighted by molar-refractivity contribution is -0.137. The number of hydrogen-bond donors (Lipinski definition) is 1. The predicted octanol–water partition coefficient (Wildman–Crippen LogP) is 2.81.